The minimum Gasteiger partial charge on any atom is -0.303 e. The first-order valence-electron chi connectivity index (χ1n) is 7.34. The second kappa shape index (κ2) is 7.42. The largest absolute Gasteiger partial charge is 0.303 e. The van der Waals surface area contributed by atoms with E-state index < -0.39 is 10.0 Å². The molecule has 0 unspecified atom stereocenters. The molecule has 0 bridgehead atoms. The maximum absolute atomic E-state index is 12.7. The number of piperidine rings is 1. The summed E-state index contributed by atoms with van der Waals surface area (Å²) in [5.74, 6) is 0.519. The average Bonchev–Trinajstić information content (AvgIpc) is 2.96. The number of rotatable bonds is 6. The highest BCUT2D eigenvalue weighted by Crippen LogP contribution is 2.28. The number of thiophene rings is 1. The Morgan fingerprint density at radius 1 is 1.38 bits per heavy atom. The van der Waals surface area contributed by atoms with Gasteiger partial charge in [0.25, 0.3) is 10.0 Å². The minimum absolute atomic E-state index is 0.108. The van der Waals surface area contributed by atoms with Crippen molar-refractivity contribution in [1.29, 1.82) is 0 Å². The normalized spacial score (nSPS) is 18.5. The number of alkyl halides is 1. The maximum atomic E-state index is 12.7. The van der Waals surface area contributed by atoms with Crippen molar-refractivity contribution in [3.8, 4) is 0 Å². The predicted octanol–water partition coefficient (Wildman–Crippen LogP) is 2.63. The monoisotopic (exact) mass is 350 g/mol. The Labute approximate surface area is 136 Å². The first-order valence-corrected chi connectivity index (χ1v) is 10.1. The Hall–Kier alpha value is -0.140. The van der Waals surface area contributed by atoms with Crippen molar-refractivity contribution in [2.45, 2.75) is 36.4 Å². The summed E-state index contributed by atoms with van der Waals surface area (Å²) in [4.78, 5) is 3.39. The molecule has 4 nitrogen and oxygen atoms in total. The number of likely N-dealkylation sites (tertiary alicyclic amines) is 1. The molecule has 120 valence electrons. The molecule has 0 N–H and O–H groups in total. The van der Waals surface area contributed by atoms with Gasteiger partial charge in [0, 0.05) is 23.8 Å². The predicted molar refractivity (Wildman–Crippen MR) is 88.8 cm³/mol. The summed E-state index contributed by atoms with van der Waals surface area (Å²) in [7, 11) is -1.66. The lowest BCUT2D eigenvalue weighted by atomic mass is 10.1. The van der Waals surface area contributed by atoms with E-state index in [1.165, 1.54) is 11.3 Å². The second-order valence-electron chi connectivity index (χ2n) is 5.35. The van der Waals surface area contributed by atoms with E-state index in [1.54, 1.807) is 17.4 Å². The third kappa shape index (κ3) is 3.99. The van der Waals surface area contributed by atoms with Crippen LogP contribution in [0.15, 0.2) is 16.3 Å². The lowest BCUT2D eigenvalue weighted by Gasteiger charge is -2.35. The summed E-state index contributed by atoms with van der Waals surface area (Å²) in [6.45, 7) is 5.13. The van der Waals surface area contributed by atoms with Crippen LogP contribution in [0.3, 0.4) is 0 Å². The lowest BCUT2D eigenvalue weighted by molar-refractivity contribution is 0.176. The summed E-state index contributed by atoms with van der Waals surface area (Å²) in [5, 5.41) is 0. The van der Waals surface area contributed by atoms with Gasteiger partial charge in [-0.2, -0.15) is 4.31 Å². The molecule has 7 heteroatoms. The highest BCUT2D eigenvalue weighted by atomic mass is 35.5. The van der Waals surface area contributed by atoms with E-state index in [2.05, 4.69) is 11.8 Å². The molecule has 1 aliphatic rings. The van der Waals surface area contributed by atoms with Crippen LogP contribution in [-0.2, 0) is 16.4 Å². The van der Waals surface area contributed by atoms with E-state index >= 15 is 0 Å². The molecule has 0 aliphatic carbocycles. The first-order chi connectivity index (χ1) is 9.98. The maximum Gasteiger partial charge on any atom is 0.252 e. The van der Waals surface area contributed by atoms with Crippen molar-refractivity contribution < 1.29 is 8.42 Å². The molecule has 1 saturated heterocycles. The quantitative estimate of drug-likeness (QED) is 0.740. The Kier molecular flexibility index (Phi) is 6.08. The van der Waals surface area contributed by atoms with Gasteiger partial charge in [-0.25, -0.2) is 8.42 Å². The van der Waals surface area contributed by atoms with E-state index in [-0.39, 0.29) is 6.04 Å². The zero-order valence-electron chi connectivity index (χ0n) is 12.6. The number of aryl methyl sites for hydroxylation is 1. The Morgan fingerprint density at radius 2 is 2.05 bits per heavy atom. The van der Waals surface area contributed by atoms with Crippen molar-refractivity contribution in [2.75, 3.05) is 32.6 Å². The van der Waals surface area contributed by atoms with E-state index in [1.807, 2.05) is 6.07 Å². The van der Waals surface area contributed by atoms with Crippen LogP contribution < -0.4 is 0 Å². The van der Waals surface area contributed by atoms with Gasteiger partial charge in [0.05, 0.1) is 0 Å². The molecule has 0 aromatic carbocycles. The van der Waals surface area contributed by atoms with E-state index in [4.69, 9.17) is 11.6 Å². The van der Waals surface area contributed by atoms with Gasteiger partial charge < -0.3 is 4.90 Å². The smallest absolute Gasteiger partial charge is 0.252 e. The first kappa shape index (κ1) is 17.2. The molecule has 0 saturated carbocycles. The van der Waals surface area contributed by atoms with Gasteiger partial charge in [-0.1, -0.05) is 6.92 Å². The van der Waals surface area contributed by atoms with Gasteiger partial charge in [0.1, 0.15) is 4.21 Å². The van der Waals surface area contributed by atoms with E-state index in [0.717, 1.165) is 43.8 Å². The molecular weight excluding hydrogens is 328 g/mol. The number of hydrogen-bond donors (Lipinski definition) is 0. The van der Waals surface area contributed by atoms with E-state index in [9.17, 15) is 8.42 Å². The fraction of sp³-hybridized carbons (Fsp3) is 0.714. The summed E-state index contributed by atoms with van der Waals surface area (Å²) in [5.41, 5.74) is 0. The fourth-order valence-electron chi connectivity index (χ4n) is 2.66. The van der Waals surface area contributed by atoms with Gasteiger partial charge in [0.15, 0.2) is 0 Å². The number of sulfonamides is 1. The third-order valence-electron chi connectivity index (χ3n) is 4.13. The molecule has 2 rings (SSSR count). The van der Waals surface area contributed by atoms with Crippen LogP contribution in [0.1, 0.15) is 24.6 Å². The lowest BCUT2D eigenvalue weighted by Crippen LogP contribution is -2.45. The van der Waals surface area contributed by atoms with Crippen molar-refractivity contribution in [3.05, 3.63) is 17.0 Å². The molecule has 0 atom stereocenters. The van der Waals surface area contributed by atoms with Crippen LogP contribution in [-0.4, -0.2) is 56.2 Å². The van der Waals surface area contributed by atoms with Gasteiger partial charge >= 0.3 is 0 Å². The standard InChI is InChI=1S/C14H23ClN2O2S2/c1-3-17-10-7-12(8-11-17)16(2)21(18,19)14-5-4-13(20-14)6-9-15/h4-5,12H,3,6-11H2,1-2H3. The zero-order valence-corrected chi connectivity index (χ0v) is 15.0. The topological polar surface area (TPSA) is 40.6 Å². The van der Waals surface area contributed by atoms with Gasteiger partial charge in [-0.15, -0.1) is 22.9 Å². The SMILES string of the molecule is CCN1CCC(N(C)S(=O)(=O)c2ccc(CCCl)s2)CC1. The molecule has 1 aromatic rings. The van der Waals surface area contributed by atoms with Crippen LogP contribution in [0.2, 0.25) is 0 Å². The molecule has 1 aliphatic heterocycles. The highest BCUT2D eigenvalue weighted by Gasteiger charge is 2.31. The Bertz CT molecular complexity index is 551. The number of halogens is 1. The molecule has 2 heterocycles. The Morgan fingerprint density at radius 3 is 2.62 bits per heavy atom. The van der Waals surface area contributed by atoms with Gasteiger partial charge in [-0.05, 0) is 51.0 Å². The van der Waals surface area contributed by atoms with Crippen molar-refractivity contribution >= 4 is 33.0 Å². The molecule has 0 amide bonds. The van der Waals surface area contributed by atoms with Crippen molar-refractivity contribution in [3.63, 3.8) is 0 Å². The molecule has 1 aromatic heterocycles. The van der Waals surface area contributed by atoms with Crippen molar-refractivity contribution in [1.82, 2.24) is 9.21 Å². The molecule has 1 fully saturated rings. The summed E-state index contributed by atoms with van der Waals surface area (Å²) in [6, 6.07) is 3.68. The molecule has 21 heavy (non-hydrogen) atoms. The van der Waals surface area contributed by atoms with Gasteiger partial charge in [0.2, 0.25) is 0 Å². The molecule has 0 spiro atoms. The third-order valence-corrected chi connectivity index (χ3v) is 7.84. The molecule has 0 radical (unpaired) electrons. The summed E-state index contributed by atoms with van der Waals surface area (Å²) >= 11 is 7.05. The van der Waals surface area contributed by atoms with Crippen LogP contribution in [0.25, 0.3) is 0 Å². The summed E-state index contributed by atoms with van der Waals surface area (Å²) in [6.07, 6.45) is 2.54. The van der Waals surface area contributed by atoms with Crippen molar-refractivity contribution in [2.24, 2.45) is 0 Å². The van der Waals surface area contributed by atoms with E-state index in [0.29, 0.717) is 10.1 Å². The van der Waals surface area contributed by atoms with Crippen LogP contribution in [0.4, 0.5) is 0 Å². The Balaban J connectivity index is 2.07. The number of nitrogens with zero attached hydrogens (tertiary/aromatic N) is 2. The minimum atomic E-state index is -3.37. The second-order valence-corrected chi connectivity index (χ2v) is 9.12. The summed E-state index contributed by atoms with van der Waals surface area (Å²) < 4.78 is 27.4. The zero-order chi connectivity index (χ0) is 15.5. The fourth-order valence-corrected chi connectivity index (χ4v) is 5.93. The van der Waals surface area contributed by atoms with Crippen LogP contribution in [0, 0.1) is 0 Å². The van der Waals surface area contributed by atoms with Gasteiger partial charge in [-0.3, -0.25) is 0 Å². The molecular formula is C14H23ClN2O2S2. The highest BCUT2D eigenvalue weighted by molar-refractivity contribution is 7.91. The number of hydrogen-bond acceptors (Lipinski definition) is 4. The average molecular weight is 351 g/mol. The van der Waals surface area contributed by atoms with Crippen LogP contribution >= 0.6 is 22.9 Å². The van der Waals surface area contributed by atoms with Crippen LogP contribution in [0.5, 0.6) is 0 Å².